The number of hydrogen-bond donors (Lipinski definition) is 1. The number of nitriles is 1. The van der Waals surface area contributed by atoms with Gasteiger partial charge in [0.05, 0.1) is 16.7 Å². The van der Waals surface area contributed by atoms with Gasteiger partial charge in [-0.25, -0.2) is 0 Å². The molecule has 1 N–H and O–H groups in total. The molecule has 0 spiro atoms. The highest BCUT2D eigenvalue weighted by molar-refractivity contribution is 6.32. The van der Waals surface area contributed by atoms with Crippen LogP contribution in [0, 0.1) is 11.3 Å². The Bertz CT molecular complexity index is 635. The van der Waals surface area contributed by atoms with E-state index in [1.807, 2.05) is 6.07 Å². The lowest BCUT2D eigenvalue weighted by atomic mass is 10.2. The number of nitrogens with zero attached hydrogens (tertiary/aromatic N) is 1. The predicted octanol–water partition coefficient (Wildman–Crippen LogP) is 4.36. The maximum absolute atomic E-state index is 9.65. The molecule has 0 heterocycles. The molecule has 90 valence electrons. The molecule has 0 aromatic heterocycles. The van der Waals surface area contributed by atoms with Gasteiger partial charge < -0.3 is 9.84 Å². The van der Waals surface area contributed by atoms with E-state index in [0.29, 0.717) is 21.4 Å². The monoisotopic (exact) mass is 279 g/mol. The van der Waals surface area contributed by atoms with Gasteiger partial charge in [0.1, 0.15) is 5.75 Å². The van der Waals surface area contributed by atoms with Crippen LogP contribution < -0.4 is 4.74 Å². The van der Waals surface area contributed by atoms with Gasteiger partial charge in [-0.1, -0.05) is 23.2 Å². The molecule has 2 aromatic carbocycles. The summed E-state index contributed by atoms with van der Waals surface area (Å²) < 4.78 is 5.45. The van der Waals surface area contributed by atoms with Crippen LogP contribution in [0.3, 0.4) is 0 Å². The SMILES string of the molecule is N#Cc1ccc(Cl)c(Oc2ccc(Cl)cc2O)c1. The Labute approximate surface area is 114 Å². The average molecular weight is 280 g/mol. The van der Waals surface area contributed by atoms with Crippen LogP contribution >= 0.6 is 23.2 Å². The first-order valence-corrected chi connectivity index (χ1v) is 5.72. The molecule has 0 bridgehead atoms. The molecule has 2 aromatic rings. The first kappa shape index (κ1) is 12.6. The topological polar surface area (TPSA) is 53.2 Å². The zero-order chi connectivity index (χ0) is 13.1. The minimum atomic E-state index is -0.0964. The summed E-state index contributed by atoms with van der Waals surface area (Å²) in [6, 6.07) is 11.1. The van der Waals surface area contributed by atoms with Crippen LogP contribution in [0.5, 0.6) is 17.2 Å². The van der Waals surface area contributed by atoms with E-state index in [1.165, 1.54) is 18.2 Å². The molecule has 0 atom stereocenters. The highest BCUT2D eigenvalue weighted by atomic mass is 35.5. The van der Waals surface area contributed by atoms with Gasteiger partial charge in [-0.05, 0) is 24.3 Å². The van der Waals surface area contributed by atoms with Crippen LogP contribution in [0.15, 0.2) is 36.4 Å². The first-order chi connectivity index (χ1) is 8.60. The molecule has 18 heavy (non-hydrogen) atoms. The van der Waals surface area contributed by atoms with E-state index in [4.69, 9.17) is 33.2 Å². The van der Waals surface area contributed by atoms with Crippen molar-refractivity contribution in [3.8, 4) is 23.3 Å². The van der Waals surface area contributed by atoms with E-state index >= 15 is 0 Å². The molecule has 0 radical (unpaired) electrons. The number of halogens is 2. The molecular formula is C13H7Cl2NO2. The van der Waals surface area contributed by atoms with E-state index in [-0.39, 0.29) is 11.5 Å². The Hall–Kier alpha value is -1.89. The Balaban J connectivity index is 2.37. The largest absolute Gasteiger partial charge is 0.504 e. The van der Waals surface area contributed by atoms with Gasteiger partial charge in [-0.3, -0.25) is 0 Å². The predicted molar refractivity (Wildman–Crippen MR) is 69.4 cm³/mol. The smallest absolute Gasteiger partial charge is 0.169 e. The van der Waals surface area contributed by atoms with E-state index in [2.05, 4.69) is 0 Å². The fourth-order valence-corrected chi connectivity index (χ4v) is 1.67. The van der Waals surface area contributed by atoms with Gasteiger partial charge in [0, 0.05) is 17.2 Å². The van der Waals surface area contributed by atoms with Crippen molar-refractivity contribution < 1.29 is 9.84 Å². The summed E-state index contributed by atoms with van der Waals surface area (Å²) in [5.41, 5.74) is 0.419. The third-order valence-corrected chi connectivity index (χ3v) is 2.75. The zero-order valence-electron chi connectivity index (χ0n) is 9.02. The molecule has 0 saturated carbocycles. The average Bonchev–Trinajstić information content (AvgIpc) is 2.35. The van der Waals surface area contributed by atoms with Crippen molar-refractivity contribution in [1.82, 2.24) is 0 Å². The Kier molecular flexibility index (Phi) is 3.61. The van der Waals surface area contributed by atoms with Crippen molar-refractivity contribution in [2.24, 2.45) is 0 Å². The maximum Gasteiger partial charge on any atom is 0.169 e. The summed E-state index contributed by atoms with van der Waals surface area (Å²) in [6.07, 6.45) is 0. The second kappa shape index (κ2) is 5.18. The third kappa shape index (κ3) is 2.67. The fourth-order valence-electron chi connectivity index (χ4n) is 1.35. The van der Waals surface area contributed by atoms with E-state index in [0.717, 1.165) is 0 Å². The van der Waals surface area contributed by atoms with Crippen molar-refractivity contribution in [1.29, 1.82) is 5.26 Å². The van der Waals surface area contributed by atoms with Gasteiger partial charge in [-0.15, -0.1) is 0 Å². The van der Waals surface area contributed by atoms with Crippen LogP contribution in [-0.2, 0) is 0 Å². The number of phenols is 1. The minimum absolute atomic E-state index is 0.0964. The van der Waals surface area contributed by atoms with Crippen LogP contribution in [0.2, 0.25) is 10.0 Å². The van der Waals surface area contributed by atoms with Crippen LogP contribution in [-0.4, -0.2) is 5.11 Å². The Morgan fingerprint density at radius 2 is 1.83 bits per heavy atom. The second-order valence-corrected chi connectivity index (χ2v) is 4.31. The summed E-state index contributed by atoms with van der Waals surface area (Å²) in [6.45, 7) is 0. The van der Waals surface area contributed by atoms with E-state index in [9.17, 15) is 5.11 Å². The summed E-state index contributed by atoms with van der Waals surface area (Å²) in [4.78, 5) is 0. The fraction of sp³-hybridized carbons (Fsp3) is 0. The van der Waals surface area contributed by atoms with Crippen molar-refractivity contribution in [2.75, 3.05) is 0 Å². The number of hydrogen-bond acceptors (Lipinski definition) is 3. The maximum atomic E-state index is 9.65. The highest BCUT2D eigenvalue weighted by Gasteiger charge is 2.08. The molecule has 2 rings (SSSR count). The van der Waals surface area contributed by atoms with Crippen LogP contribution in [0.4, 0.5) is 0 Å². The zero-order valence-corrected chi connectivity index (χ0v) is 10.5. The molecule has 0 aliphatic rings. The standard InChI is InChI=1S/C13H7Cl2NO2/c14-9-2-4-12(11(17)6-9)18-13-5-8(7-16)1-3-10(13)15/h1-6,17H. The number of phenolic OH excluding ortho intramolecular Hbond substituents is 1. The number of rotatable bonds is 2. The number of ether oxygens (including phenoxy) is 1. The van der Waals surface area contributed by atoms with E-state index < -0.39 is 0 Å². The lowest BCUT2D eigenvalue weighted by Gasteiger charge is -2.09. The lowest BCUT2D eigenvalue weighted by molar-refractivity contribution is 0.411. The molecule has 0 unspecified atom stereocenters. The summed E-state index contributed by atoms with van der Waals surface area (Å²) in [7, 11) is 0. The van der Waals surface area contributed by atoms with Gasteiger partial charge >= 0.3 is 0 Å². The second-order valence-electron chi connectivity index (χ2n) is 3.47. The van der Waals surface area contributed by atoms with Crippen molar-refractivity contribution in [3.05, 3.63) is 52.0 Å². The molecule has 0 fully saturated rings. The molecular weight excluding hydrogens is 273 g/mol. The van der Waals surface area contributed by atoms with Crippen molar-refractivity contribution in [3.63, 3.8) is 0 Å². The normalized spacial score (nSPS) is 9.83. The number of benzene rings is 2. The summed E-state index contributed by atoms with van der Waals surface area (Å²) in [5.74, 6) is 0.422. The first-order valence-electron chi connectivity index (χ1n) is 4.96. The molecule has 3 nitrogen and oxygen atoms in total. The molecule has 0 amide bonds. The van der Waals surface area contributed by atoms with Gasteiger partial charge in [0.25, 0.3) is 0 Å². The number of aromatic hydroxyl groups is 1. The Morgan fingerprint density at radius 1 is 1.06 bits per heavy atom. The molecule has 5 heteroatoms. The van der Waals surface area contributed by atoms with Crippen LogP contribution in [0.1, 0.15) is 5.56 Å². The molecule has 0 aliphatic heterocycles. The van der Waals surface area contributed by atoms with Gasteiger partial charge in [0.15, 0.2) is 11.5 Å². The van der Waals surface area contributed by atoms with Crippen molar-refractivity contribution in [2.45, 2.75) is 0 Å². The minimum Gasteiger partial charge on any atom is -0.504 e. The summed E-state index contributed by atoms with van der Waals surface area (Å²) >= 11 is 11.7. The third-order valence-electron chi connectivity index (χ3n) is 2.20. The lowest BCUT2D eigenvalue weighted by Crippen LogP contribution is -1.87. The van der Waals surface area contributed by atoms with Crippen LogP contribution in [0.25, 0.3) is 0 Å². The molecule has 0 saturated heterocycles. The van der Waals surface area contributed by atoms with Gasteiger partial charge in [-0.2, -0.15) is 5.26 Å². The quantitative estimate of drug-likeness (QED) is 0.889. The highest BCUT2D eigenvalue weighted by Crippen LogP contribution is 2.36. The summed E-state index contributed by atoms with van der Waals surface area (Å²) in [5, 5.41) is 19.2. The van der Waals surface area contributed by atoms with E-state index in [1.54, 1.807) is 18.2 Å². The Morgan fingerprint density at radius 3 is 2.50 bits per heavy atom. The molecule has 0 aliphatic carbocycles. The van der Waals surface area contributed by atoms with Crippen molar-refractivity contribution >= 4 is 23.2 Å². The van der Waals surface area contributed by atoms with Gasteiger partial charge in [0.2, 0.25) is 0 Å².